The van der Waals surface area contributed by atoms with Crippen LogP contribution >= 0.6 is 0 Å². The molecule has 4 aromatic rings. The Hall–Kier alpha value is -3.53. The minimum atomic E-state index is -0.495. The van der Waals surface area contributed by atoms with E-state index in [4.69, 9.17) is 0 Å². The Morgan fingerprint density at radius 2 is 1.89 bits per heavy atom. The molecule has 4 heterocycles. The summed E-state index contributed by atoms with van der Waals surface area (Å²) >= 11 is 0. The maximum absolute atomic E-state index is 14.2. The Morgan fingerprint density at radius 3 is 2.53 bits per heavy atom. The van der Waals surface area contributed by atoms with Gasteiger partial charge in [-0.3, -0.25) is 14.5 Å². The van der Waals surface area contributed by atoms with Crippen molar-refractivity contribution in [1.29, 1.82) is 0 Å². The number of carbonyl (C=O) groups is 1. The Kier molecular flexibility index (Phi) is 7.53. The summed E-state index contributed by atoms with van der Waals surface area (Å²) in [5, 5.41) is 11.4. The lowest BCUT2D eigenvalue weighted by atomic mass is 10.0. The number of anilines is 2. The average molecular weight is 498 g/mol. The molecule has 192 valence electrons. The number of hydrogen-bond acceptors (Lipinski definition) is 6. The second-order valence-electron chi connectivity index (χ2n) is 9.12. The normalized spacial score (nSPS) is 14.2. The summed E-state index contributed by atoms with van der Waals surface area (Å²) in [5.74, 6) is -0.734. The topological polar surface area (TPSA) is 79.5 Å². The highest BCUT2D eigenvalue weighted by Crippen LogP contribution is 2.32. The molecule has 1 saturated heterocycles. The molecule has 0 bridgehead atoms. The number of benzene rings is 1. The molecule has 1 aromatic carbocycles. The fraction of sp³-hybridized carbons (Fsp3) is 0.423. The number of aldehydes is 1. The highest BCUT2D eigenvalue weighted by Gasteiger charge is 2.23. The quantitative estimate of drug-likeness (QED) is 0.402. The fourth-order valence-electron chi connectivity index (χ4n) is 4.92. The van der Waals surface area contributed by atoms with Crippen LogP contribution in [0.3, 0.4) is 0 Å². The highest BCUT2D eigenvalue weighted by molar-refractivity contribution is 6.02. The fourth-order valence-corrected chi connectivity index (χ4v) is 4.92. The minimum Gasteiger partial charge on any atom is -0.384 e. The van der Waals surface area contributed by atoms with Crippen LogP contribution in [0, 0.1) is 25.5 Å². The van der Waals surface area contributed by atoms with Gasteiger partial charge >= 0.3 is 0 Å². The second-order valence-corrected chi connectivity index (χ2v) is 9.12. The van der Waals surface area contributed by atoms with E-state index in [1.165, 1.54) is 6.07 Å². The monoisotopic (exact) mass is 497 g/mol. The number of rotatable bonds is 5. The van der Waals surface area contributed by atoms with E-state index in [0.29, 0.717) is 34.7 Å². The summed E-state index contributed by atoms with van der Waals surface area (Å²) in [5.41, 5.74) is 3.96. The SMILES string of the molecule is CCNC1CCN(c2cc(F)c(C=O)c3nn(C)cc23)CC1.CNc1cn2cc(C)nc(C)c2c1F. The van der Waals surface area contributed by atoms with Crippen molar-refractivity contribution < 1.29 is 13.6 Å². The van der Waals surface area contributed by atoms with Gasteiger partial charge in [-0.05, 0) is 39.3 Å². The van der Waals surface area contributed by atoms with Gasteiger partial charge in [0.2, 0.25) is 0 Å². The molecule has 3 aromatic heterocycles. The molecule has 1 aliphatic heterocycles. The molecule has 1 fully saturated rings. The molecule has 5 rings (SSSR count). The van der Waals surface area contributed by atoms with Crippen molar-refractivity contribution in [3.05, 3.63) is 53.2 Å². The first-order chi connectivity index (χ1) is 17.3. The van der Waals surface area contributed by atoms with Crippen LogP contribution in [0.2, 0.25) is 0 Å². The number of aromatic nitrogens is 4. The van der Waals surface area contributed by atoms with Crippen molar-refractivity contribution in [3.8, 4) is 0 Å². The molecule has 0 spiro atoms. The third-order valence-corrected chi connectivity index (χ3v) is 6.58. The van der Waals surface area contributed by atoms with Gasteiger partial charge in [0.15, 0.2) is 12.1 Å². The molecular formula is C26H33F2N7O. The van der Waals surface area contributed by atoms with Gasteiger partial charge < -0.3 is 19.9 Å². The van der Waals surface area contributed by atoms with Gasteiger partial charge in [0.25, 0.3) is 0 Å². The molecule has 0 saturated carbocycles. The van der Waals surface area contributed by atoms with E-state index >= 15 is 0 Å². The second kappa shape index (κ2) is 10.6. The number of halogens is 2. The van der Waals surface area contributed by atoms with E-state index < -0.39 is 5.82 Å². The van der Waals surface area contributed by atoms with E-state index in [2.05, 4.69) is 32.5 Å². The molecule has 0 aliphatic carbocycles. The van der Waals surface area contributed by atoms with Gasteiger partial charge in [0.1, 0.15) is 16.9 Å². The third-order valence-electron chi connectivity index (χ3n) is 6.58. The largest absolute Gasteiger partial charge is 0.384 e. The van der Waals surface area contributed by atoms with Gasteiger partial charge in [-0.2, -0.15) is 5.10 Å². The average Bonchev–Trinajstić information content (AvgIpc) is 3.38. The smallest absolute Gasteiger partial charge is 0.173 e. The molecule has 0 radical (unpaired) electrons. The lowest BCUT2D eigenvalue weighted by molar-refractivity contribution is 0.112. The number of hydrogen-bond donors (Lipinski definition) is 2. The molecule has 0 amide bonds. The predicted molar refractivity (Wildman–Crippen MR) is 139 cm³/mol. The van der Waals surface area contributed by atoms with Crippen LogP contribution in [0.15, 0.2) is 24.7 Å². The molecule has 1 aliphatic rings. The first kappa shape index (κ1) is 25.6. The third kappa shape index (κ3) is 4.90. The summed E-state index contributed by atoms with van der Waals surface area (Å²) < 4.78 is 31.3. The van der Waals surface area contributed by atoms with E-state index in [-0.39, 0.29) is 11.4 Å². The number of piperidine rings is 1. The van der Waals surface area contributed by atoms with Crippen LogP contribution in [0.1, 0.15) is 41.5 Å². The van der Waals surface area contributed by atoms with Crippen LogP contribution in [0.5, 0.6) is 0 Å². The van der Waals surface area contributed by atoms with Crippen molar-refractivity contribution >= 4 is 34.1 Å². The van der Waals surface area contributed by atoms with E-state index in [9.17, 15) is 13.6 Å². The maximum Gasteiger partial charge on any atom is 0.173 e. The predicted octanol–water partition coefficient (Wildman–Crippen LogP) is 4.24. The van der Waals surface area contributed by atoms with Gasteiger partial charge in [0, 0.05) is 57.2 Å². The van der Waals surface area contributed by atoms with Gasteiger partial charge in [-0.1, -0.05) is 6.92 Å². The van der Waals surface area contributed by atoms with E-state index in [0.717, 1.165) is 49.2 Å². The lowest BCUT2D eigenvalue weighted by Gasteiger charge is -2.34. The summed E-state index contributed by atoms with van der Waals surface area (Å²) in [4.78, 5) is 17.6. The Morgan fingerprint density at radius 1 is 1.17 bits per heavy atom. The van der Waals surface area contributed by atoms with Crippen molar-refractivity contribution in [3.63, 3.8) is 0 Å². The van der Waals surface area contributed by atoms with Crippen molar-refractivity contribution in [2.24, 2.45) is 7.05 Å². The highest BCUT2D eigenvalue weighted by atomic mass is 19.1. The van der Waals surface area contributed by atoms with Crippen molar-refractivity contribution in [2.45, 2.75) is 39.7 Å². The van der Waals surface area contributed by atoms with E-state index in [1.807, 2.05) is 26.2 Å². The summed E-state index contributed by atoms with van der Waals surface area (Å²) in [7, 11) is 3.49. The van der Waals surface area contributed by atoms with Gasteiger partial charge in [0.05, 0.1) is 28.3 Å². The van der Waals surface area contributed by atoms with Crippen molar-refractivity contribution in [2.75, 3.05) is 36.9 Å². The number of fused-ring (bicyclic) bond motifs is 2. The zero-order valence-electron chi connectivity index (χ0n) is 21.4. The Balaban J connectivity index is 0.000000187. The van der Waals surface area contributed by atoms with E-state index in [1.54, 1.807) is 29.4 Å². The van der Waals surface area contributed by atoms with Gasteiger partial charge in [-0.15, -0.1) is 0 Å². The number of aryl methyl sites for hydroxylation is 3. The summed E-state index contributed by atoms with van der Waals surface area (Å²) in [6, 6.07) is 2.01. The summed E-state index contributed by atoms with van der Waals surface area (Å²) in [6.45, 7) is 8.54. The Labute approximate surface area is 209 Å². The van der Waals surface area contributed by atoms with Crippen LogP contribution < -0.4 is 15.5 Å². The van der Waals surface area contributed by atoms with Gasteiger partial charge in [-0.25, -0.2) is 8.78 Å². The molecule has 8 nitrogen and oxygen atoms in total. The minimum absolute atomic E-state index is 0.0434. The molecule has 36 heavy (non-hydrogen) atoms. The van der Waals surface area contributed by atoms with Crippen molar-refractivity contribution in [1.82, 2.24) is 24.5 Å². The zero-order chi connectivity index (χ0) is 26.0. The van der Waals surface area contributed by atoms with Crippen LogP contribution in [0.25, 0.3) is 16.4 Å². The molecule has 0 atom stereocenters. The zero-order valence-corrected chi connectivity index (χ0v) is 21.4. The van der Waals surface area contributed by atoms with Crippen LogP contribution in [0.4, 0.5) is 20.2 Å². The molecule has 2 N–H and O–H groups in total. The van der Waals surface area contributed by atoms with Crippen LogP contribution in [-0.2, 0) is 7.05 Å². The molecular weight excluding hydrogens is 464 g/mol. The number of nitrogens with one attached hydrogen (secondary N) is 2. The molecule has 10 heteroatoms. The maximum atomic E-state index is 14.2. The number of carbonyl (C=O) groups excluding carboxylic acids is 1. The van der Waals surface area contributed by atoms with Crippen LogP contribution in [-0.4, -0.2) is 58.2 Å². The first-order valence-electron chi connectivity index (χ1n) is 12.2. The Bertz CT molecular complexity index is 1390. The number of nitrogens with zero attached hydrogens (tertiary/aromatic N) is 5. The lowest BCUT2D eigenvalue weighted by Crippen LogP contribution is -2.42. The standard InChI is InChI=1S/C16H21FN4O.C10H12FN3/c1-3-18-11-4-6-21(7-5-11)15-8-14(17)13(10-22)16-12(15)9-20(2)19-16;1-6-4-14-5-8(12-3)9(11)10(14)7(2)13-6/h8-11,18H,3-7H2,1-2H3;4-5,12H,1-3H3. The first-order valence-corrected chi connectivity index (χ1v) is 12.2. The summed E-state index contributed by atoms with van der Waals surface area (Å²) in [6.07, 6.45) is 8.01. The molecule has 0 unspecified atom stereocenters.